The van der Waals surface area contributed by atoms with Gasteiger partial charge < -0.3 is 14.7 Å². The highest BCUT2D eigenvalue weighted by Crippen LogP contribution is 2.31. The van der Waals surface area contributed by atoms with Crippen LogP contribution in [0.25, 0.3) is 11.4 Å². The Bertz CT molecular complexity index is 988. The molecule has 3 aromatic rings. The number of likely N-dealkylation sites (tertiary alicyclic amines) is 1. The molecule has 1 fully saturated rings. The largest absolute Gasteiger partial charge is 0.337 e. The molecule has 2 aromatic carbocycles. The molecule has 1 unspecified atom stereocenters. The van der Waals surface area contributed by atoms with E-state index < -0.39 is 5.82 Å². The summed E-state index contributed by atoms with van der Waals surface area (Å²) in [4.78, 5) is 19.0. The van der Waals surface area contributed by atoms with Crippen molar-refractivity contribution in [1.29, 1.82) is 0 Å². The predicted octanol–water partition coefficient (Wildman–Crippen LogP) is 4.94. The quantitative estimate of drug-likeness (QED) is 0.698. The number of hydrogen-bond acceptors (Lipinski definition) is 4. The molecule has 0 saturated carbocycles. The number of piperidine rings is 1. The van der Waals surface area contributed by atoms with Crippen molar-refractivity contribution in [3.63, 3.8) is 0 Å². The fourth-order valence-corrected chi connectivity index (χ4v) is 3.46. The number of aromatic nitrogens is 2. The molecule has 2 heterocycles. The number of amides is 2. The SMILES string of the molecule is Cc1cccc(-c2noc(C3CCCCN3C(=O)Nc3cccc(F)c3)n2)c1. The van der Waals surface area contributed by atoms with Crippen molar-refractivity contribution >= 4 is 11.7 Å². The first kappa shape index (κ1) is 18.2. The molecule has 1 aliphatic rings. The predicted molar refractivity (Wildman–Crippen MR) is 103 cm³/mol. The van der Waals surface area contributed by atoms with E-state index in [9.17, 15) is 9.18 Å². The molecule has 0 spiro atoms. The van der Waals surface area contributed by atoms with Crippen molar-refractivity contribution in [2.75, 3.05) is 11.9 Å². The average Bonchev–Trinajstić information content (AvgIpc) is 3.18. The highest BCUT2D eigenvalue weighted by Gasteiger charge is 2.32. The second-order valence-corrected chi connectivity index (χ2v) is 6.97. The van der Waals surface area contributed by atoms with Crippen molar-refractivity contribution in [2.45, 2.75) is 32.2 Å². The van der Waals surface area contributed by atoms with Crippen LogP contribution in [-0.4, -0.2) is 27.6 Å². The van der Waals surface area contributed by atoms with E-state index in [0.717, 1.165) is 30.4 Å². The van der Waals surface area contributed by atoms with E-state index in [-0.39, 0.29) is 12.1 Å². The molecule has 0 bridgehead atoms. The number of benzene rings is 2. The Balaban J connectivity index is 1.55. The number of carbonyl (C=O) groups is 1. The Morgan fingerprint density at radius 1 is 1.21 bits per heavy atom. The van der Waals surface area contributed by atoms with Crippen LogP contribution in [0, 0.1) is 12.7 Å². The van der Waals surface area contributed by atoms with E-state index in [1.807, 2.05) is 31.2 Å². The van der Waals surface area contributed by atoms with Gasteiger partial charge in [-0.1, -0.05) is 35.0 Å². The smallest absolute Gasteiger partial charge is 0.322 e. The zero-order valence-electron chi connectivity index (χ0n) is 15.6. The van der Waals surface area contributed by atoms with Gasteiger partial charge >= 0.3 is 6.03 Å². The van der Waals surface area contributed by atoms with Crippen molar-refractivity contribution in [2.24, 2.45) is 0 Å². The van der Waals surface area contributed by atoms with E-state index in [4.69, 9.17) is 4.52 Å². The highest BCUT2D eigenvalue weighted by atomic mass is 19.1. The number of urea groups is 1. The third-order valence-electron chi connectivity index (χ3n) is 4.84. The van der Waals surface area contributed by atoms with Crippen LogP contribution in [0.2, 0.25) is 0 Å². The van der Waals surface area contributed by atoms with Gasteiger partial charge in [-0.3, -0.25) is 0 Å². The molecule has 28 heavy (non-hydrogen) atoms. The standard InChI is InChI=1S/C21H21FN4O2/c1-14-6-4-7-15(12-14)19-24-20(28-25-19)18-10-2-3-11-26(18)21(27)23-17-9-5-8-16(22)13-17/h4-9,12-13,18H,2-3,10-11H2,1H3,(H,23,27). The highest BCUT2D eigenvalue weighted by molar-refractivity contribution is 5.89. The zero-order valence-corrected chi connectivity index (χ0v) is 15.6. The van der Waals surface area contributed by atoms with Gasteiger partial charge in [0.15, 0.2) is 0 Å². The van der Waals surface area contributed by atoms with Crippen LogP contribution in [0.5, 0.6) is 0 Å². The van der Waals surface area contributed by atoms with Gasteiger partial charge in [0.2, 0.25) is 11.7 Å². The summed E-state index contributed by atoms with van der Waals surface area (Å²) >= 11 is 0. The number of rotatable bonds is 3. The van der Waals surface area contributed by atoms with E-state index in [0.29, 0.717) is 23.9 Å². The Morgan fingerprint density at radius 3 is 2.89 bits per heavy atom. The van der Waals surface area contributed by atoms with Crippen molar-refractivity contribution in [1.82, 2.24) is 15.0 Å². The first-order chi connectivity index (χ1) is 13.6. The molecule has 1 atom stereocenters. The molecular weight excluding hydrogens is 359 g/mol. The van der Waals surface area contributed by atoms with Crippen LogP contribution in [0.1, 0.15) is 36.8 Å². The summed E-state index contributed by atoms with van der Waals surface area (Å²) in [7, 11) is 0. The van der Waals surface area contributed by atoms with Crippen molar-refractivity contribution in [3.8, 4) is 11.4 Å². The lowest BCUT2D eigenvalue weighted by Gasteiger charge is -2.33. The van der Waals surface area contributed by atoms with Gasteiger partial charge in [0.05, 0.1) is 0 Å². The first-order valence-electron chi connectivity index (χ1n) is 9.34. The Kier molecular flexibility index (Phi) is 5.06. The number of nitrogens with one attached hydrogen (secondary N) is 1. The zero-order chi connectivity index (χ0) is 19.5. The minimum Gasteiger partial charge on any atom is -0.337 e. The second-order valence-electron chi connectivity index (χ2n) is 6.97. The van der Waals surface area contributed by atoms with Gasteiger partial charge in [-0.05, 0) is 50.5 Å². The summed E-state index contributed by atoms with van der Waals surface area (Å²) in [5.41, 5.74) is 2.40. The molecule has 2 amide bonds. The molecule has 0 aliphatic carbocycles. The lowest BCUT2D eigenvalue weighted by atomic mass is 10.0. The van der Waals surface area contributed by atoms with E-state index in [1.165, 1.54) is 12.1 Å². The first-order valence-corrected chi connectivity index (χ1v) is 9.34. The molecule has 1 N–H and O–H groups in total. The van der Waals surface area contributed by atoms with Gasteiger partial charge in [-0.2, -0.15) is 4.98 Å². The fourth-order valence-electron chi connectivity index (χ4n) is 3.46. The molecule has 1 aliphatic heterocycles. The monoisotopic (exact) mass is 380 g/mol. The van der Waals surface area contributed by atoms with Crippen LogP contribution in [-0.2, 0) is 0 Å². The van der Waals surface area contributed by atoms with Gasteiger partial charge in [-0.25, -0.2) is 9.18 Å². The average molecular weight is 380 g/mol. The number of hydrogen-bond donors (Lipinski definition) is 1. The van der Waals surface area contributed by atoms with E-state index in [2.05, 4.69) is 15.5 Å². The Morgan fingerprint density at radius 2 is 2.07 bits per heavy atom. The lowest BCUT2D eigenvalue weighted by Crippen LogP contribution is -2.41. The molecule has 6 nitrogen and oxygen atoms in total. The topological polar surface area (TPSA) is 71.3 Å². The molecule has 4 rings (SSSR count). The maximum atomic E-state index is 13.4. The fraction of sp³-hybridized carbons (Fsp3) is 0.286. The summed E-state index contributed by atoms with van der Waals surface area (Å²) in [6.07, 6.45) is 2.61. The number of anilines is 1. The van der Waals surface area contributed by atoms with Gasteiger partial charge in [-0.15, -0.1) is 0 Å². The maximum Gasteiger partial charge on any atom is 0.322 e. The maximum absolute atomic E-state index is 13.4. The Labute approximate surface area is 162 Å². The summed E-state index contributed by atoms with van der Waals surface area (Å²) < 4.78 is 18.9. The second kappa shape index (κ2) is 7.80. The van der Waals surface area contributed by atoms with Crippen LogP contribution in [0.15, 0.2) is 53.1 Å². The van der Waals surface area contributed by atoms with Crippen LogP contribution >= 0.6 is 0 Å². The van der Waals surface area contributed by atoms with E-state index in [1.54, 1.807) is 17.0 Å². The van der Waals surface area contributed by atoms with Crippen LogP contribution < -0.4 is 5.32 Å². The number of halogens is 1. The molecule has 0 radical (unpaired) electrons. The van der Waals surface area contributed by atoms with Crippen LogP contribution in [0.4, 0.5) is 14.9 Å². The minimum atomic E-state index is -0.396. The molecule has 7 heteroatoms. The number of nitrogens with zero attached hydrogens (tertiary/aromatic N) is 3. The van der Waals surface area contributed by atoms with Crippen molar-refractivity contribution in [3.05, 3.63) is 65.8 Å². The molecule has 1 aromatic heterocycles. The Hall–Kier alpha value is -3.22. The third-order valence-corrected chi connectivity index (χ3v) is 4.84. The molecular formula is C21H21FN4O2. The minimum absolute atomic E-state index is 0.298. The normalized spacial score (nSPS) is 16.8. The van der Waals surface area contributed by atoms with E-state index >= 15 is 0 Å². The summed E-state index contributed by atoms with van der Waals surface area (Å²) in [5, 5.41) is 6.85. The summed E-state index contributed by atoms with van der Waals surface area (Å²) in [6, 6.07) is 13.1. The van der Waals surface area contributed by atoms with Gasteiger partial charge in [0.1, 0.15) is 11.9 Å². The van der Waals surface area contributed by atoms with Gasteiger partial charge in [0.25, 0.3) is 0 Å². The molecule has 1 saturated heterocycles. The number of carbonyl (C=O) groups excluding carboxylic acids is 1. The summed E-state index contributed by atoms with van der Waals surface area (Å²) in [5.74, 6) is 0.535. The van der Waals surface area contributed by atoms with Crippen molar-refractivity contribution < 1.29 is 13.7 Å². The summed E-state index contributed by atoms with van der Waals surface area (Å²) in [6.45, 7) is 2.58. The van der Waals surface area contributed by atoms with Gasteiger partial charge in [0, 0.05) is 17.8 Å². The van der Waals surface area contributed by atoms with Crippen LogP contribution in [0.3, 0.4) is 0 Å². The number of aryl methyl sites for hydroxylation is 1. The third kappa shape index (κ3) is 3.88. The molecule has 144 valence electrons. The lowest BCUT2D eigenvalue weighted by molar-refractivity contribution is 0.142.